The van der Waals surface area contributed by atoms with E-state index in [4.69, 9.17) is 9.97 Å². The molecule has 4 nitrogen and oxygen atoms in total. The smallest absolute Gasteiger partial charge is 0.226 e. The lowest BCUT2D eigenvalue weighted by atomic mass is 10.00. The van der Waals surface area contributed by atoms with Crippen molar-refractivity contribution < 1.29 is 4.39 Å². The van der Waals surface area contributed by atoms with Crippen LogP contribution in [-0.2, 0) is 0 Å². The topological polar surface area (TPSA) is 41.1 Å². The number of piperazine rings is 1. The second-order valence-corrected chi connectivity index (χ2v) is 7.01. The van der Waals surface area contributed by atoms with Crippen molar-refractivity contribution in [2.75, 3.05) is 31.1 Å². The van der Waals surface area contributed by atoms with Crippen LogP contribution in [0.5, 0.6) is 0 Å². The summed E-state index contributed by atoms with van der Waals surface area (Å²) < 4.78 is 14.2. The predicted molar refractivity (Wildman–Crippen MR) is 104 cm³/mol. The maximum absolute atomic E-state index is 14.2. The predicted octanol–water partition coefficient (Wildman–Crippen LogP) is 3.97. The van der Waals surface area contributed by atoms with Crippen LogP contribution in [0, 0.1) is 5.82 Å². The first-order valence-corrected chi connectivity index (χ1v) is 9.16. The van der Waals surface area contributed by atoms with Gasteiger partial charge >= 0.3 is 0 Å². The number of rotatable bonds is 3. The van der Waals surface area contributed by atoms with Gasteiger partial charge in [-0.1, -0.05) is 38.1 Å². The Bertz CT molecular complexity index is 932. The molecule has 3 aromatic rings. The minimum Gasteiger partial charge on any atom is -0.338 e. The SMILES string of the molecule is CC(C)c1cc(-c2ccc(F)c3ccccc23)nc(N2CCNCC2)n1. The van der Waals surface area contributed by atoms with Crippen molar-refractivity contribution in [1.29, 1.82) is 0 Å². The van der Waals surface area contributed by atoms with E-state index in [0.717, 1.165) is 54.5 Å². The van der Waals surface area contributed by atoms with Gasteiger partial charge in [-0.25, -0.2) is 14.4 Å². The molecule has 0 saturated carbocycles. The van der Waals surface area contributed by atoms with Crippen molar-refractivity contribution in [2.45, 2.75) is 19.8 Å². The van der Waals surface area contributed by atoms with Crippen molar-refractivity contribution in [3.63, 3.8) is 0 Å². The van der Waals surface area contributed by atoms with E-state index in [1.165, 1.54) is 6.07 Å². The molecule has 134 valence electrons. The maximum Gasteiger partial charge on any atom is 0.226 e. The lowest BCUT2D eigenvalue weighted by molar-refractivity contribution is 0.578. The molecule has 1 fully saturated rings. The maximum atomic E-state index is 14.2. The van der Waals surface area contributed by atoms with Gasteiger partial charge in [0, 0.05) is 42.8 Å². The fraction of sp³-hybridized carbons (Fsp3) is 0.333. The molecule has 1 saturated heterocycles. The van der Waals surface area contributed by atoms with Crippen LogP contribution in [0.3, 0.4) is 0 Å². The minimum absolute atomic E-state index is 0.204. The molecule has 0 unspecified atom stereocenters. The third kappa shape index (κ3) is 3.15. The molecule has 5 heteroatoms. The summed E-state index contributed by atoms with van der Waals surface area (Å²) in [4.78, 5) is 11.9. The molecule has 0 atom stereocenters. The first kappa shape index (κ1) is 16.9. The lowest BCUT2D eigenvalue weighted by Gasteiger charge is -2.28. The highest BCUT2D eigenvalue weighted by Gasteiger charge is 2.18. The Morgan fingerprint density at radius 1 is 1.00 bits per heavy atom. The molecule has 0 spiro atoms. The Kier molecular flexibility index (Phi) is 4.55. The van der Waals surface area contributed by atoms with Crippen LogP contribution in [0.15, 0.2) is 42.5 Å². The molecule has 2 aromatic carbocycles. The normalized spacial score (nSPS) is 15.0. The zero-order chi connectivity index (χ0) is 18.1. The molecule has 2 heterocycles. The molecule has 0 aliphatic carbocycles. The second-order valence-electron chi connectivity index (χ2n) is 7.01. The van der Waals surface area contributed by atoms with Crippen molar-refractivity contribution >= 4 is 16.7 Å². The van der Waals surface area contributed by atoms with Gasteiger partial charge in [0.2, 0.25) is 5.95 Å². The quantitative estimate of drug-likeness (QED) is 0.776. The van der Waals surface area contributed by atoms with Crippen molar-refractivity contribution in [1.82, 2.24) is 15.3 Å². The molecular formula is C21H23FN4. The molecule has 0 radical (unpaired) electrons. The van der Waals surface area contributed by atoms with Crippen LogP contribution in [0.1, 0.15) is 25.5 Å². The van der Waals surface area contributed by atoms with E-state index in [-0.39, 0.29) is 5.82 Å². The molecular weight excluding hydrogens is 327 g/mol. The Morgan fingerprint density at radius 3 is 2.46 bits per heavy atom. The van der Waals surface area contributed by atoms with Crippen LogP contribution in [-0.4, -0.2) is 36.1 Å². The Morgan fingerprint density at radius 2 is 1.73 bits per heavy atom. The average molecular weight is 350 g/mol. The zero-order valence-corrected chi connectivity index (χ0v) is 15.2. The summed E-state index contributed by atoms with van der Waals surface area (Å²) in [7, 11) is 0. The number of fused-ring (bicyclic) bond motifs is 1. The van der Waals surface area contributed by atoms with Crippen molar-refractivity contribution in [2.24, 2.45) is 0 Å². The van der Waals surface area contributed by atoms with Gasteiger partial charge in [-0.2, -0.15) is 0 Å². The van der Waals surface area contributed by atoms with Crippen LogP contribution in [0.25, 0.3) is 22.0 Å². The van der Waals surface area contributed by atoms with Crippen molar-refractivity contribution in [3.8, 4) is 11.3 Å². The summed E-state index contributed by atoms with van der Waals surface area (Å²) in [5.41, 5.74) is 2.81. The van der Waals surface area contributed by atoms with E-state index in [1.807, 2.05) is 36.4 Å². The molecule has 1 aliphatic heterocycles. The fourth-order valence-corrected chi connectivity index (χ4v) is 3.38. The molecule has 0 bridgehead atoms. The van der Waals surface area contributed by atoms with Crippen molar-refractivity contribution in [3.05, 3.63) is 54.0 Å². The average Bonchev–Trinajstić information content (AvgIpc) is 2.69. The summed E-state index contributed by atoms with van der Waals surface area (Å²) in [6.07, 6.45) is 0. The summed E-state index contributed by atoms with van der Waals surface area (Å²) in [5.74, 6) is 0.857. The van der Waals surface area contributed by atoms with E-state index in [2.05, 4.69) is 24.1 Å². The standard InChI is InChI=1S/C21H23FN4/c1-14(2)19-13-20(25-21(24-19)26-11-9-23-10-12-26)17-7-8-18(22)16-6-4-3-5-15(16)17/h3-8,13-14,23H,9-12H2,1-2H3. The highest BCUT2D eigenvalue weighted by molar-refractivity contribution is 5.96. The number of hydrogen-bond acceptors (Lipinski definition) is 4. The summed E-state index contributed by atoms with van der Waals surface area (Å²) in [6.45, 7) is 7.93. The van der Waals surface area contributed by atoms with Gasteiger partial charge in [0.15, 0.2) is 0 Å². The van der Waals surface area contributed by atoms with Gasteiger partial charge in [0.05, 0.1) is 5.69 Å². The number of aromatic nitrogens is 2. The van der Waals surface area contributed by atoms with Gasteiger partial charge in [-0.15, -0.1) is 0 Å². The van der Waals surface area contributed by atoms with Gasteiger partial charge in [-0.05, 0) is 29.5 Å². The molecule has 1 aromatic heterocycles. The van der Waals surface area contributed by atoms with Crippen LogP contribution in [0.4, 0.5) is 10.3 Å². The number of anilines is 1. The van der Waals surface area contributed by atoms with E-state index < -0.39 is 0 Å². The van der Waals surface area contributed by atoms with E-state index >= 15 is 0 Å². The van der Waals surface area contributed by atoms with Gasteiger partial charge < -0.3 is 10.2 Å². The first-order chi connectivity index (χ1) is 12.6. The Hall–Kier alpha value is -2.53. The van der Waals surface area contributed by atoms with Gasteiger partial charge in [0.1, 0.15) is 5.82 Å². The summed E-state index contributed by atoms with van der Waals surface area (Å²) >= 11 is 0. The fourth-order valence-electron chi connectivity index (χ4n) is 3.38. The largest absolute Gasteiger partial charge is 0.338 e. The van der Waals surface area contributed by atoms with Crippen LogP contribution >= 0.6 is 0 Å². The van der Waals surface area contributed by atoms with Gasteiger partial charge in [0.25, 0.3) is 0 Å². The molecule has 26 heavy (non-hydrogen) atoms. The second kappa shape index (κ2) is 7.00. The van der Waals surface area contributed by atoms with Crippen LogP contribution in [0.2, 0.25) is 0 Å². The Labute approximate surface area is 153 Å². The van der Waals surface area contributed by atoms with E-state index in [9.17, 15) is 4.39 Å². The first-order valence-electron chi connectivity index (χ1n) is 9.16. The monoisotopic (exact) mass is 350 g/mol. The highest BCUT2D eigenvalue weighted by atomic mass is 19.1. The number of benzene rings is 2. The third-order valence-electron chi connectivity index (χ3n) is 4.87. The van der Waals surface area contributed by atoms with Crippen LogP contribution < -0.4 is 10.2 Å². The number of nitrogens with one attached hydrogen (secondary N) is 1. The highest BCUT2D eigenvalue weighted by Crippen LogP contribution is 2.31. The summed E-state index contributed by atoms with van der Waals surface area (Å²) in [6, 6.07) is 13.0. The Balaban J connectivity index is 1.88. The number of halogens is 1. The van der Waals surface area contributed by atoms with E-state index in [1.54, 1.807) is 0 Å². The molecule has 0 amide bonds. The zero-order valence-electron chi connectivity index (χ0n) is 15.2. The van der Waals surface area contributed by atoms with E-state index in [0.29, 0.717) is 11.3 Å². The third-order valence-corrected chi connectivity index (χ3v) is 4.87. The number of nitrogens with zero attached hydrogens (tertiary/aromatic N) is 3. The minimum atomic E-state index is -0.204. The van der Waals surface area contributed by atoms with Gasteiger partial charge in [-0.3, -0.25) is 0 Å². The molecule has 4 rings (SSSR count). The lowest BCUT2D eigenvalue weighted by Crippen LogP contribution is -2.44. The summed E-state index contributed by atoms with van der Waals surface area (Å²) in [5, 5.41) is 4.86. The molecule has 1 aliphatic rings. The molecule has 1 N–H and O–H groups in total. The number of hydrogen-bond donors (Lipinski definition) is 1.